The summed E-state index contributed by atoms with van der Waals surface area (Å²) in [5.74, 6) is 2.39. The first kappa shape index (κ1) is 33.2. The molecule has 1 atom stereocenters. The maximum Gasteiger partial charge on any atom is 0.196 e. The van der Waals surface area contributed by atoms with Gasteiger partial charge in [-0.2, -0.15) is 0 Å². The second kappa shape index (κ2) is 16.4. The minimum Gasteiger partial charge on any atom is -0.467 e. The van der Waals surface area contributed by atoms with Crippen LogP contribution >= 0.6 is 11.8 Å². The number of thioether (sulfide) groups is 1. The zero-order chi connectivity index (χ0) is 30.8. The highest BCUT2D eigenvalue weighted by molar-refractivity contribution is 7.99. The fraction of sp³-hybridized carbons (Fsp3) is 0.548. The molecule has 12 heteroatoms. The van der Waals surface area contributed by atoms with E-state index in [1.165, 1.54) is 17.3 Å². The fourth-order valence-corrected chi connectivity index (χ4v) is 5.75. The van der Waals surface area contributed by atoms with Gasteiger partial charge in [0.2, 0.25) is 0 Å². The van der Waals surface area contributed by atoms with Gasteiger partial charge in [-0.1, -0.05) is 37.7 Å². The van der Waals surface area contributed by atoms with Crippen LogP contribution in [0.4, 0.5) is 0 Å². The van der Waals surface area contributed by atoms with Crippen LogP contribution in [0.15, 0.2) is 41.6 Å². The Morgan fingerprint density at radius 1 is 0.884 bits per heavy atom. The van der Waals surface area contributed by atoms with Gasteiger partial charge in [-0.15, -0.1) is 10.2 Å². The van der Waals surface area contributed by atoms with Crippen molar-refractivity contribution in [1.82, 2.24) is 24.6 Å². The number of hydrogen-bond acceptors (Lipinski definition) is 11. The lowest BCUT2D eigenvalue weighted by molar-refractivity contribution is 0.0457. The molecule has 1 aliphatic heterocycles. The molecule has 3 aromatic rings. The highest BCUT2D eigenvalue weighted by Gasteiger charge is 2.24. The van der Waals surface area contributed by atoms with Gasteiger partial charge in [-0.3, -0.25) is 9.47 Å². The summed E-state index contributed by atoms with van der Waals surface area (Å²) < 4.78 is 29.5. The van der Waals surface area contributed by atoms with Crippen molar-refractivity contribution in [3.05, 3.63) is 47.5 Å². The van der Waals surface area contributed by atoms with Crippen LogP contribution in [-0.2, 0) is 20.8 Å². The van der Waals surface area contributed by atoms with Crippen LogP contribution in [0.2, 0.25) is 0 Å². The molecule has 11 nitrogen and oxygen atoms in total. The number of likely N-dealkylation sites (N-methyl/N-ethyl adjacent to an activating group) is 1. The summed E-state index contributed by atoms with van der Waals surface area (Å²) in [5.41, 5.74) is 3.90. The number of piperazine rings is 1. The van der Waals surface area contributed by atoms with E-state index in [9.17, 15) is 5.11 Å². The molecule has 4 rings (SSSR count). The Hall–Kier alpha value is -2.71. The Kier molecular flexibility index (Phi) is 12.6. The number of rotatable bonds is 16. The highest BCUT2D eigenvalue weighted by atomic mass is 32.2. The van der Waals surface area contributed by atoms with Gasteiger partial charge in [-0.05, 0) is 42.3 Å². The minimum atomic E-state index is -0.639. The third-order valence-electron chi connectivity index (χ3n) is 7.23. The number of methoxy groups -OCH3 is 3. The van der Waals surface area contributed by atoms with Gasteiger partial charge in [0.05, 0.1) is 18.3 Å². The van der Waals surface area contributed by atoms with E-state index in [0.29, 0.717) is 28.2 Å². The van der Waals surface area contributed by atoms with Gasteiger partial charge in [0.25, 0.3) is 0 Å². The van der Waals surface area contributed by atoms with Gasteiger partial charge in [0.1, 0.15) is 11.5 Å². The summed E-state index contributed by atoms with van der Waals surface area (Å²) in [6.45, 7) is 9.82. The zero-order valence-corrected chi connectivity index (χ0v) is 26.9. The van der Waals surface area contributed by atoms with E-state index in [0.717, 1.165) is 49.5 Å². The first-order valence-electron chi connectivity index (χ1n) is 14.5. The molecular formula is C31H45N5O6S. The SMILES string of the molecule is COCOc1cc(OCOC)c(C(C)C)cc1-c1nnc(SCC(O)COC)n1-c1ccc(CN2CCN(C)CC2)cc1. The molecule has 2 heterocycles. The van der Waals surface area contributed by atoms with E-state index < -0.39 is 6.10 Å². The number of aliphatic hydroxyl groups excluding tert-OH is 1. The standard InChI is InChI=1S/C31H45N5O6S/c1-22(2)26-15-27(29(42-21-40-6)16-28(26)41-20-39-5)30-32-33-31(43-19-25(37)18-38-4)36(30)24-9-7-23(8-10-24)17-35-13-11-34(3)12-14-35/h7-10,15-16,22,25,37H,11-14,17-21H2,1-6H3. The van der Waals surface area contributed by atoms with E-state index in [1.54, 1.807) is 21.3 Å². The van der Waals surface area contributed by atoms with Gasteiger partial charge >= 0.3 is 0 Å². The highest BCUT2D eigenvalue weighted by Crippen LogP contribution is 2.40. The summed E-state index contributed by atoms with van der Waals surface area (Å²) in [7, 11) is 6.92. The van der Waals surface area contributed by atoms with Crippen molar-refractivity contribution in [2.45, 2.75) is 37.6 Å². The van der Waals surface area contributed by atoms with Crippen LogP contribution in [-0.4, -0.2) is 116 Å². The molecule has 236 valence electrons. The molecule has 1 aromatic heterocycles. The zero-order valence-electron chi connectivity index (χ0n) is 26.1. The van der Waals surface area contributed by atoms with Crippen molar-refractivity contribution in [2.24, 2.45) is 0 Å². The number of hydrogen-bond donors (Lipinski definition) is 1. The van der Waals surface area contributed by atoms with E-state index in [4.69, 9.17) is 23.7 Å². The average molecular weight is 616 g/mol. The Balaban J connectivity index is 1.75. The van der Waals surface area contributed by atoms with Crippen LogP contribution in [0.1, 0.15) is 30.9 Å². The van der Waals surface area contributed by atoms with Gasteiger partial charge in [0.15, 0.2) is 24.6 Å². The summed E-state index contributed by atoms with van der Waals surface area (Å²) in [4.78, 5) is 4.85. The van der Waals surface area contributed by atoms with Crippen molar-refractivity contribution >= 4 is 11.8 Å². The monoisotopic (exact) mass is 615 g/mol. The molecule has 1 aliphatic rings. The Morgan fingerprint density at radius 3 is 2.19 bits per heavy atom. The van der Waals surface area contributed by atoms with Crippen LogP contribution in [0.3, 0.4) is 0 Å². The molecule has 0 saturated carbocycles. The topological polar surface area (TPSA) is 104 Å². The van der Waals surface area contributed by atoms with Gasteiger partial charge in [-0.25, -0.2) is 0 Å². The maximum atomic E-state index is 10.4. The van der Waals surface area contributed by atoms with Crippen LogP contribution < -0.4 is 9.47 Å². The molecule has 0 spiro atoms. The first-order valence-corrected chi connectivity index (χ1v) is 15.5. The number of aromatic nitrogens is 3. The molecule has 0 bridgehead atoms. The largest absolute Gasteiger partial charge is 0.467 e. The summed E-state index contributed by atoms with van der Waals surface area (Å²) in [5, 5.41) is 20.2. The quantitative estimate of drug-likeness (QED) is 0.188. The Labute approximate surface area is 259 Å². The lowest BCUT2D eigenvalue weighted by Crippen LogP contribution is -2.43. The normalized spacial score (nSPS) is 15.3. The molecule has 0 aliphatic carbocycles. The molecule has 43 heavy (non-hydrogen) atoms. The molecule has 0 radical (unpaired) electrons. The van der Waals surface area contributed by atoms with E-state index >= 15 is 0 Å². The third-order valence-corrected chi connectivity index (χ3v) is 8.31. The number of nitrogens with zero attached hydrogens (tertiary/aromatic N) is 5. The van der Waals surface area contributed by atoms with Crippen molar-refractivity contribution in [2.75, 3.05) is 80.5 Å². The van der Waals surface area contributed by atoms with Crippen molar-refractivity contribution in [1.29, 1.82) is 0 Å². The second-order valence-corrected chi connectivity index (χ2v) is 11.9. The molecule has 1 N–H and O–H groups in total. The molecular weight excluding hydrogens is 570 g/mol. The van der Waals surface area contributed by atoms with Crippen LogP contribution in [0.25, 0.3) is 17.1 Å². The summed E-state index contributed by atoms with van der Waals surface area (Å²) >= 11 is 1.43. The molecule has 1 unspecified atom stereocenters. The lowest BCUT2D eigenvalue weighted by Gasteiger charge is -2.32. The molecule has 1 fully saturated rings. The third kappa shape index (κ3) is 8.91. The van der Waals surface area contributed by atoms with Crippen LogP contribution in [0.5, 0.6) is 11.5 Å². The maximum absolute atomic E-state index is 10.4. The average Bonchev–Trinajstić information content (AvgIpc) is 3.43. The van der Waals surface area contributed by atoms with Crippen molar-refractivity contribution < 1.29 is 28.8 Å². The summed E-state index contributed by atoms with van der Waals surface area (Å²) in [6, 6.07) is 12.4. The predicted molar refractivity (Wildman–Crippen MR) is 167 cm³/mol. The Bertz CT molecular complexity index is 1280. The Morgan fingerprint density at radius 2 is 1.56 bits per heavy atom. The molecule has 1 saturated heterocycles. The minimum absolute atomic E-state index is 0.0533. The molecule has 0 amide bonds. The van der Waals surface area contributed by atoms with Gasteiger partial charge < -0.3 is 33.7 Å². The first-order chi connectivity index (χ1) is 20.8. The smallest absolute Gasteiger partial charge is 0.196 e. The number of ether oxygens (including phenoxy) is 5. The van der Waals surface area contributed by atoms with Crippen LogP contribution in [0, 0.1) is 0 Å². The predicted octanol–water partition coefficient (Wildman–Crippen LogP) is 3.87. The van der Waals surface area contributed by atoms with E-state index in [2.05, 4.69) is 65.2 Å². The van der Waals surface area contributed by atoms with Crippen molar-refractivity contribution in [3.8, 4) is 28.6 Å². The number of aliphatic hydroxyl groups is 1. The summed E-state index contributed by atoms with van der Waals surface area (Å²) in [6.07, 6.45) is -0.639. The molecule has 2 aromatic carbocycles. The van der Waals surface area contributed by atoms with Gasteiger partial charge in [0, 0.05) is 71.6 Å². The van der Waals surface area contributed by atoms with E-state index in [1.807, 2.05) is 16.7 Å². The van der Waals surface area contributed by atoms with Crippen molar-refractivity contribution in [3.63, 3.8) is 0 Å². The number of benzene rings is 2. The second-order valence-electron chi connectivity index (χ2n) is 11.0. The fourth-order valence-electron chi connectivity index (χ4n) is 4.89. The van der Waals surface area contributed by atoms with E-state index in [-0.39, 0.29) is 26.1 Å². The lowest BCUT2D eigenvalue weighted by atomic mass is 9.98.